The predicted molar refractivity (Wildman–Crippen MR) is 82.6 cm³/mol. The van der Waals surface area contributed by atoms with Gasteiger partial charge in [0.1, 0.15) is 12.1 Å². The van der Waals surface area contributed by atoms with Crippen LogP contribution in [0.3, 0.4) is 0 Å². The highest BCUT2D eigenvalue weighted by Gasteiger charge is 2.32. The van der Waals surface area contributed by atoms with Gasteiger partial charge in [0.2, 0.25) is 0 Å². The predicted octanol–water partition coefficient (Wildman–Crippen LogP) is 2.55. The summed E-state index contributed by atoms with van der Waals surface area (Å²) in [7, 11) is 1.77. The van der Waals surface area contributed by atoms with E-state index in [2.05, 4.69) is 34.3 Å². The lowest BCUT2D eigenvalue weighted by atomic mass is 9.94. The van der Waals surface area contributed by atoms with E-state index in [9.17, 15) is 0 Å². The van der Waals surface area contributed by atoms with Crippen molar-refractivity contribution in [2.45, 2.75) is 25.4 Å². The molecule has 1 aliphatic rings. The van der Waals surface area contributed by atoms with Gasteiger partial charge in [-0.2, -0.15) is 0 Å². The summed E-state index contributed by atoms with van der Waals surface area (Å²) in [6.45, 7) is 4.30. The highest BCUT2D eigenvalue weighted by molar-refractivity contribution is 5.89. The third-order valence-electron chi connectivity index (χ3n) is 4.21. The molecule has 3 rings (SSSR count). The second-order valence-electron chi connectivity index (χ2n) is 5.60. The molecule has 5 nitrogen and oxygen atoms in total. The van der Waals surface area contributed by atoms with E-state index < -0.39 is 0 Å². The van der Waals surface area contributed by atoms with Gasteiger partial charge in [-0.1, -0.05) is 11.6 Å². The number of fused-ring (bicyclic) bond motifs is 1. The number of aryl methyl sites for hydroxylation is 1. The second kappa shape index (κ2) is 5.95. The van der Waals surface area contributed by atoms with Crippen LogP contribution in [0.25, 0.3) is 10.9 Å². The Morgan fingerprint density at radius 3 is 2.86 bits per heavy atom. The molecule has 1 N–H and O–H groups in total. The topological polar surface area (TPSA) is 56.3 Å². The lowest BCUT2D eigenvalue weighted by molar-refractivity contribution is -0.0807. The van der Waals surface area contributed by atoms with Crippen LogP contribution in [0.4, 0.5) is 5.82 Å². The second-order valence-corrected chi connectivity index (χ2v) is 5.60. The van der Waals surface area contributed by atoms with Crippen LogP contribution in [-0.4, -0.2) is 42.4 Å². The van der Waals surface area contributed by atoms with Crippen LogP contribution < -0.4 is 5.32 Å². The summed E-state index contributed by atoms with van der Waals surface area (Å²) in [6, 6.07) is 6.20. The lowest BCUT2D eigenvalue weighted by Crippen LogP contribution is -2.44. The first kappa shape index (κ1) is 14.2. The first-order chi connectivity index (χ1) is 10.2. The van der Waals surface area contributed by atoms with Crippen molar-refractivity contribution in [1.82, 2.24) is 9.97 Å². The number of rotatable bonds is 4. The Kier molecular flexibility index (Phi) is 4.03. The molecule has 0 spiro atoms. The van der Waals surface area contributed by atoms with Crippen molar-refractivity contribution in [3.8, 4) is 0 Å². The van der Waals surface area contributed by atoms with Crippen molar-refractivity contribution in [3.63, 3.8) is 0 Å². The molecule has 112 valence electrons. The molecule has 1 aromatic heterocycles. The van der Waals surface area contributed by atoms with Crippen molar-refractivity contribution >= 4 is 16.7 Å². The van der Waals surface area contributed by atoms with Gasteiger partial charge in [-0.3, -0.25) is 0 Å². The smallest absolute Gasteiger partial charge is 0.137 e. The normalized spacial score (nSPS) is 17.8. The molecular formula is C16H21N3O2. The molecule has 0 atom stereocenters. The van der Waals surface area contributed by atoms with Gasteiger partial charge in [0, 0.05) is 45.1 Å². The molecule has 2 heterocycles. The molecule has 1 aliphatic heterocycles. The summed E-state index contributed by atoms with van der Waals surface area (Å²) in [5.74, 6) is 0.867. The number of nitrogens with one attached hydrogen (secondary N) is 1. The molecule has 0 aliphatic carbocycles. The monoisotopic (exact) mass is 287 g/mol. The molecule has 21 heavy (non-hydrogen) atoms. The summed E-state index contributed by atoms with van der Waals surface area (Å²) in [5, 5.41) is 4.50. The fraction of sp³-hybridized carbons (Fsp3) is 0.500. The number of benzene rings is 1. The van der Waals surface area contributed by atoms with Crippen LogP contribution in [-0.2, 0) is 9.47 Å². The lowest BCUT2D eigenvalue weighted by Gasteiger charge is -2.36. The highest BCUT2D eigenvalue weighted by Crippen LogP contribution is 2.26. The average molecular weight is 287 g/mol. The van der Waals surface area contributed by atoms with Crippen molar-refractivity contribution < 1.29 is 9.47 Å². The van der Waals surface area contributed by atoms with Crippen molar-refractivity contribution in [1.29, 1.82) is 0 Å². The van der Waals surface area contributed by atoms with E-state index in [1.807, 2.05) is 6.07 Å². The minimum absolute atomic E-state index is 0.167. The number of nitrogens with zero attached hydrogens (tertiary/aromatic N) is 2. The summed E-state index contributed by atoms with van der Waals surface area (Å²) < 4.78 is 11.2. The Morgan fingerprint density at radius 2 is 2.10 bits per heavy atom. The van der Waals surface area contributed by atoms with E-state index in [-0.39, 0.29) is 5.60 Å². The van der Waals surface area contributed by atoms with Crippen LogP contribution in [0.2, 0.25) is 0 Å². The Bertz CT molecular complexity index is 624. The minimum atomic E-state index is -0.167. The average Bonchev–Trinajstić information content (AvgIpc) is 2.54. The molecule has 1 fully saturated rings. The van der Waals surface area contributed by atoms with E-state index in [0.717, 1.165) is 49.3 Å². The maximum Gasteiger partial charge on any atom is 0.137 e. The quantitative estimate of drug-likeness (QED) is 0.936. The van der Waals surface area contributed by atoms with Crippen molar-refractivity contribution in [3.05, 3.63) is 30.1 Å². The molecule has 0 radical (unpaired) electrons. The van der Waals surface area contributed by atoms with Gasteiger partial charge in [-0.25, -0.2) is 9.97 Å². The van der Waals surface area contributed by atoms with Crippen LogP contribution in [0, 0.1) is 6.92 Å². The number of methoxy groups -OCH3 is 1. The molecule has 0 saturated carbocycles. The third-order valence-corrected chi connectivity index (χ3v) is 4.21. The van der Waals surface area contributed by atoms with E-state index >= 15 is 0 Å². The Morgan fingerprint density at radius 1 is 1.29 bits per heavy atom. The molecule has 2 aromatic rings. The van der Waals surface area contributed by atoms with Gasteiger partial charge < -0.3 is 14.8 Å². The molecule has 1 aromatic carbocycles. The van der Waals surface area contributed by atoms with Crippen LogP contribution in [0.15, 0.2) is 24.5 Å². The summed E-state index contributed by atoms with van der Waals surface area (Å²) in [6.07, 6.45) is 3.40. The van der Waals surface area contributed by atoms with E-state index in [1.54, 1.807) is 13.4 Å². The molecule has 0 bridgehead atoms. The Hall–Kier alpha value is -1.72. The molecule has 1 saturated heterocycles. The van der Waals surface area contributed by atoms with E-state index in [1.165, 1.54) is 5.56 Å². The third kappa shape index (κ3) is 2.99. The van der Waals surface area contributed by atoms with Gasteiger partial charge in [0.25, 0.3) is 0 Å². The summed E-state index contributed by atoms with van der Waals surface area (Å²) in [5.41, 5.74) is 1.99. The van der Waals surface area contributed by atoms with Gasteiger partial charge in [-0.15, -0.1) is 0 Å². The summed E-state index contributed by atoms with van der Waals surface area (Å²) >= 11 is 0. The maximum atomic E-state index is 5.75. The number of anilines is 1. The van der Waals surface area contributed by atoms with E-state index in [4.69, 9.17) is 9.47 Å². The van der Waals surface area contributed by atoms with E-state index in [0.29, 0.717) is 0 Å². The van der Waals surface area contributed by atoms with Gasteiger partial charge in [0.15, 0.2) is 0 Å². The Balaban J connectivity index is 1.83. The van der Waals surface area contributed by atoms with Gasteiger partial charge >= 0.3 is 0 Å². The molecule has 5 heteroatoms. The first-order valence-corrected chi connectivity index (χ1v) is 7.31. The molecule has 0 amide bonds. The van der Waals surface area contributed by atoms with Crippen LogP contribution in [0.1, 0.15) is 18.4 Å². The first-order valence-electron chi connectivity index (χ1n) is 7.31. The van der Waals surface area contributed by atoms with Crippen LogP contribution in [0.5, 0.6) is 0 Å². The standard InChI is InChI=1S/C16H21N3O2/c1-12-3-4-14-13(9-12)15(19-11-18-14)17-10-16(20-2)5-7-21-8-6-16/h3-4,9,11H,5-8,10H2,1-2H3,(H,17,18,19). The van der Waals surface area contributed by atoms with Gasteiger partial charge in [0.05, 0.1) is 11.1 Å². The zero-order valence-corrected chi connectivity index (χ0v) is 12.6. The largest absolute Gasteiger partial charge is 0.381 e. The maximum absolute atomic E-state index is 5.75. The van der Waals surface area contributed by atoms with Gasteiger partial charge in [-0.05, 0) is 19.1 Å². The summed E-state index contributed by atoms with van der Waals surface area (Å²) in [4.78, 5) is 8.70. The van der Waals surface area contributed by atoms with Crippen LogP contribution >= 0.6 is 0 Å². The van der Waals surface area contributed by atoms with Crippen molar-refractivity contribution in [2.75, 3.05) is 32.2 Å². The highest BCUT2D eigenvalue weighted by atomic mass is 16.5. The number of aromatic nitrogens is 2. The number of hydrogen-bond acceptors (Lipinski definition) is 5. The minimum Gasteiger partial charge on any atom is -0.381 e. The Labute approximate surface area is 124 Å². The number of ether oxygens (including phenoxy) is 2. The number of hydrogen-bond donors (Lipinski definition) is 1. The fourth-order valence-electron chi connectivity index (χ4n) is 2.75. The zero-order chi connectivity index (χ0) is 14.7. The molecular weight excluding hydrogens is 266 g/mol. The SMILES string of the molecule is COC1(CNc2ncnc3ccc(C)cc23)CCOCC1. The molecule has 0 unspecified atom stereocenters. The van der Waals surface area contributed by atoms with Crippen molar-refractivity contribution in [2.24, 2.45) is 0 Å². The zero-order valence-electron chi connectivity index (χ0n) is 12.6. The fourth-order valence-corrected chi connectivity index (χ4v) is 2.75.